The summed E-state index contributed by atoms with van der Waals surface area (Å²) in [6.07, 6.45) is 1.77. The van der Waals surface area contributed by atoms with Crippen LogP contribution in [0.3, 0.4) is 0 Å². The molecular weight excluding hydrogens is 338 g/mol. The van der Waals surface area contributed by atoms with Gasteiger partial charge in [-0.3, -0.25) is 4.79 Å². The highest BCUT2D eigenvalue weighted by atomic mass is 32.2. The number of amides is 1. The number of nitrogens with zero attached hydrogens (tertiary/aromatic N) is 1. The summed E-state index contributed by atoms with van der Waals surface area (Å²) in [7, 11) is 4.66. The average Bonchev–Trinajstić information content (AvgIpc) is 3.02. The standard InChI is InChI=1S/C19H17NO4S/c1-22-14-9-12(10-15(23-2)17(14)24-3)11-16-18(21)20-19(25-16)13-7-5-4-6-8-13/h4-11H,1-3H3/b16-11-. The Hall–Kier alpha value is -2.73. The predicted molar refractivity (Wildman–Crippen MR) is 99.7 cm³/mol. The molecule has 1 amide bonds. The van der Waals surface area contributed by atoms with E-state index in [-0.39, 0.29) is 5.91 Å². The van der Waals surface area contributed by atoms with Crippen LogP contribution in [0.1, 0.15) is 11.1 Å². The van der Waals surface area contributed by atoms with Crippen LogP contribution in [0.15, 0.2) is 52.4 Å². The highest BCUT2D eigenvalue weighted by Gasteiger charge is 2.23. The van der Waals surface area contributed by atoms with Crippen LogP contribution in [0.25, 0.3) is 6.08 Å². The molecule has 6 heteroatoms. The summed E-state index contributed by atoms with van der Waals surface area (Å²) in [5, 5.41) is 0.698. The van der Waals surface area contributed by atoms with Gasteiger partial charge in [0.1, 0.15) is 5.04 Å². The fraction of sp³-hybridized carbons (Fsp3) is 0.158. The Morgan fingerprint density at radius 3 is 2.16 bits per heavy atom. The number of carbonyl (C=O) groups is 1. The highest BCUT2D eigenvalue weighted by Crippen LogP contribution is 2.40. The van der Waals surface area contributed by atoms with E-state index in [1.165, 1.54) is 11.8 Å². The summed E-state index contributed by atoms with van der Waals surface area (Å²) in [4.78, 5) is 16.9. The van der Waals surface area contributed by atoms with E-state index in [2.05, 4.69) is 4.99 Å². The minimum atomic E-state index is -0.252. The van der Waals surface area contributed by atoms with Gasteiger partial charge in [-0.1, -0.05) is 42.1 Å². The molecule has 5 nitrogen and oxygen atoms in total. The fourth-order valence-electron chi connectivity index (χ4n) is 2.45. The third-order valence-electron chi connectivity index (χ3n) is 3.63. The van der Waals surface area contributed by atoms with E-state index in [0.29, 0.717) is 27.2 Å². The maximum Gasteiger partial charge on any atom is 0.284 e. The van der Waals surface area contributed by atoms with E-state index in [9.17, 15) is 4.79 Å². The Morgan fingerprint density at radius 2 is 1.60 bits per heavy atom. The summed E-state index contributed by atoms with van der Waals surface area (Å²) in [6, 6.07) is 13.2. The SMILES string of the molecule is COc1cc(/C=C2\SC(c3ccccc3)=NC2=O)cc(OC)c1OC. The molecule has 0 fully saturated rings. The first-order valence-electron chi connectivity index (χ1n) is 7.54. The largest absolute Gasteiger partial charge is 0.493 e. The molecule has 1 aliphatic heterocycles. The Bertz CT molecular complexity index is 834. The maximum absolute atomic E-state index is 12.2. The highest BCUT2D eigenvalue weighted by molar-refractivity contribution is 8.19. The van der Waals surface area contributed by atoms with Crippen molar-refractivity contribution in [3.05, 3.63) is 58.5 Å². The van der Waals surface area contributed by atoms with Gasteiger partial charge in [0.05, 0.1) is 26.2 Å². The molecule has 25 heavy (non-hydrogen) atoms. The number of benzene rings is 2. The molecule has 1 heterocycles. The molecule has 0 unspecified atom stereocenters. The Morgan fingerprint density at radius 1 is 0.960 bits per heavy atom. The lowest BCUT2D eigenvalue weighted by Gasteiger charge is -2.13. The zero-order chi connectivity index (χ0) is 17.8. The summed E-state index contributed by atoms with van der Waals surface area (Å²) in [6.45, 7) is 0. The van der Waals surface area contributed by atoms with E-state index >= 15 is 0 Å². The van der Waals surface area contributed by atoms with E-state index in [1.807, 2.05) is 30.3 Å². The number of aliphatic imine (C=N–C) groups is 1. The van der Waals surface area contributed by atoms with Crippen LogP contribution >= 0.6 is 11.8 Å². The first kappa shape index (κ1) is 17.1. The van der Waals surface area contributed by atoms with Gasteiger partial charge in [0.25, 0.3) is 5.91 Å². The number of carbonyl (C=O) groups excluding carboxylic acids is 1. The van der Waals surface area contributed by atoms with Crippen LogP contribution in [-0.2, 0) is 4.79 Å². The maximum atomic E-state index is 12.2. The van der Waals surface area contributed by atoms with Crippen molar-refractivity contribution in [2.24, 2.45) is 4.99 Å². The van der Waals surface area contributed by atoms with Crippen molar-refractivity contribution < 1.29 is 19.0 Å². The number of ether oxygens (including phenoxy) is 3. The van der Waals surface area contributed by atoms with Crippen LogP contribution in [0.4, 0.5) is 0 Å². The number of thioether (sulfide) groups is 1. The molecule has 0 bridgehead atoms. The molecule has 0 atom stereocenters. The number of methoxy groups -OCH3 is 3. The second-order valence-corrected chi connectivity index (χ2v) is 6.19. The topological polar surface area (TPSA) is 57.1 Å². The van der Waals surface area contributed by atoms with Gasteiger partial charge in [-0.05, 0) is 23.8 Å². The summed E-state index contributed by atoms with van der Waals surface area (Å²) < 4.78 is 16.0. The number of rotatable bonds is 5. The Balaban J connectivity index is 1.93. The van der Waals surface area contributed by atoms with Crippen molar-refractivity contribution in [3.8, 4) is 17.2 Å². The first-order chi connectivity index (χ1) is 12.2. The van der Waals surface area contributed by atoms with Gasteiger partial charge in [-0.15, -0.1) is 0 Å². The van der Waals surface area contributed by atoms with Crippen molar-refractivity contribution in [2.45, 2.75) is 0 Å². The monoisotopic (exact) mass is 355 g/mol. The molecule has 3 rings (SSSR count). The Labute approximate surface area is 150 Å². The fourth-order valence-corrected chi connectivity index (χ4v) is 3.37. The van der Waals surface area contributed by atoms with Crippen molar-refractivity contribution in [1.29, 1.82) is 0 Å². The second-order valence-electron chi connectivity index (χ2n) is 5.16. The van der Waals surface area contributed by atoms with Crippen molar-refractivity contribution >= 4 is 28.8 Å². The molecular formula is C19H17NO4S. The molecule has 0 saturated heterocycles. The molecule has 128 valence electrons. The van der Waals surface area contributed by atoms with Crippen LogP contribution in [0.5, 0.6) is 17.2 Å². The molecule has 2 aromatic rings. The van der Waals surface area contributed by atoms with E-state index in [1.54, 1.807) is 39.5 Å². The lowest BCUT2D eigenvalue weighted by Crippen LogP contribution is -1.96. The van der Waals surface area contributed by atoms with Gasteiger partial charge in [-0.2, -0.15) is 0 Å². The van der Waals surface area contributed by atoms with Crippen LogP contribution in [0, 0.1) is 0 Å². The van der Waals surface area contributed by atoms with E-state index in [4.69, 9.17) is 14.2 Å². The van der Waals surface area contributed by atoms with Crippen molar-refractivity contribution in [2.75, 3.05) is 21.3 Å². The average molecular weight is 355 g/mol. The van der Waals surface area contributed by atoms with Gasteiger partial charge in [0, 0.05) is 5.56 Å². The summed E-state index contributed by atoms with van der Waals surface area (Å²) in [5.74, 6) is 1.33. The lowest BCUT2D eigenvalue weighted by atomic mass is 10.1. The smallest absolute Gasteiger partial charge is 0.284 e. The van der Waals surface area contributed by atoms with E-state index in [0.717, 1.165) is 11.1 Å². The zero-order valence-corrected chi connectivity index (χ0v) is 14.9. The summed E-state index contributed by atoms with van der Waals surface area (Å²) in [5.41, 5.74) is 1.70. The van der Waals surface area contributed by atoms with Crippen LogP contribution in [0.2, 0.25) is 0 Å². The molecule has 2 aromatic carbocycles. The molecule has 1 aliphatic rings. The molecule has 0 saturated carbocycles. The normalized spacial score (nSPS) is 15.2. The van der Waals surface area contributed by atoms with Gasteiger partial charge in [0.15, 0.2) is 11.5 Å². The minimum absolute atomic E-state index is 0.252. The number of hydrogen-bond donors (Lipinski definition) is 0. The minimum Gasteiger partial charge on any atom is -0.493 e. The second kappa shape index (κ2) is 7.44. The van der Waals surface area contributed by atoms with Gasteiger partial charge < -0.3 is 14.2 Å². The van der Waals surface area contributed by atoms with Gasteiger partial charge >= 0.3 is 0 Å². The lowest BCUT2D eigenvalue weighted by molar-refractivity contribution is -0.113. The third kappa shape index (κ3) is 3.53. The zero-order valence-electron chi connectivity index (χ0n) is 14.1. The third-order valence-corrected chi connectivity index (χ3v) is 4.66. The quantitative estimate of drug-likeness (QED) is 0.764. The van der Waals surface area contributed by atoms with Gasteiger partial charge in [-0.25, -0.2) is 4.99 Å². The van der Waals surface area contributed by atoms with E-state index < -0.39 is 0 Å². The molecule has 0 N–H and O–H groups in total. The molecule has 0 radical (unpaired) electrons. The predicted octanol–water partition coefficient (Wildman–Crippen LogP) is 3.77. The first-order valence-corrected chi connectivity index (χ1v) is 8.36. The summed E-state index contributed by atoms with van der Waals surface area (Å²) >= 11 is 1.35. The van der Waals surface area contributed by atoms with Crippen LogP contribution in [-0.4, -0.2) is 32.3 Å². The van der Waals surface area contributed by atoms with Crippen molar-refractivity contribution in [3.63, 3.8) is 0 Å². The Kier molecular flexibility index (Phi) is 5.09. The van der Waals surface area contributed by atoms with Crippen molar-refractivity contribution in [1.82, 2.24) is 0 Å². The molecule has 0 spiro atoms. The number of hydrogen-bond acceptors (Lipinski definition) is 5. The molecule has 0 aliphatic carbocycles. The van der Waals surface area contributed by atoms with Gasteiger partial charge in [0.2, 0.25) is 5.75 Å². The molecule has 0 aromatic heterocycles. The van der Waals surface area contributed by atoms with Crippen LogP contribution < -0.4 is 14.2 Å².